The number of likely N-dealkylation sites (N-methyl/N-ethyl adjacent to an activating group) is 1. The maximum absolute atomic E-state index is 5.66. The molecule has 1 N–H and O–H groups in total. The van der Waals surface area contributed by atoms with Gasteiger partial charge in [0.1, 0.15) is 17.9 Å². The Hall–Kier alpha value is -2.40. The van der Waals surface area contributed by atoms with Crippen molar-refractivity contribution < 1.29 is 4.42 Å². The molecule has 0 aliphatic heterocycles. The van der Waals surface area contributed by atoms with E-state index in [4.69, 9.17) is 4.42 Å². The molecule has 0 bridgehead atoms. The summed E-state index contributed by atoms with van der Waals surface area (Å²) < 4.78 is 5.66. The van der Waals surface area contributed by atoms with Gasteiger partial charge in [0.2, 0.25) is 0 Å². The van der Waals surface area contributed by atoms with Crippen molar-refractivity contribution in [3.63, 3.8) is 0 Å². The lowest BCUT2D eigenvalue weighted by molar-refractivity contribution is 0.202. The summed E-state index contributed by atoms with van der Waals surface area (Å²) >= 11 is 0. The zero-order valence-corrected chi connectivity index (χ0v) is 14.5. The summed E-state index contributed by atoms with van der Waals surface area (Å²) in [5.41, 5.74) is 2.15. The van der Waals surface area contributed by atoms with Crippen molar-refractivity contribution in [1.29, 1.82) is 0 Å². The lowest BCUT2D eigenvalue weighted by atomic mass is 10.1. The third kappa shape index (κ3) is 3.41. The van der Waals surface area contributed by atoms with E-state index in [1.54, 1.807) is 12.6 Å². The van der Waals surface area contributed by atoms with Crippen LogP contribution in [-0.2, 0) is 0 Å². The molecule has 2 aromatic heterocycles. The van der Waals surface area contributed by atoms with Crippen molar-refractivity contribution in [1.82, 2.24) is 14.9 Å². The van der Waals surface area contributed by atoms with E-state index >= 15 is 0 Å². The topological polar surface area (TPSA) is 54.2 Å². The van der Waals surface area contributed by atoms with Crippen LogP contribution >= 0.6 is 0 Å². The first-order valence-corrected chi connectivity index (χ1v) is 8.45. The van der Waals surface area contributed by atoms with Crippen LogP contribution in [-0.4, -0.2) is 34.5 Å². The third-order valence-corrected chi connectivity index (χ3v) is 4.38. The average molecular weight is 324 g/mol. The Morgan fingerprint density at radius 1 is 1.17 bits per heavy atom. The summed E-state index contributed by atoms with van der Waals surface area (Å²) in [6.45, 7) is 9.08. The Kier molecular flexibility index (Phi) is 5.11. The minimum atomic E-state index is 0.171. The molecular formula is C19H24N4O. The van der Waals surface area contributed by atoms with Crippen molar-refractivity contribution in [2.45, 2.75) is 26.8 Å². The summed E-state index contributed by atoms with van der Waals surface area (Å²) in [4.78, 5) is 11.2. The van der Waals surface area contributed by atoms with E-state index in [0.29, 0.717) is 0 Å². The summed E-state index contributed by atoms with van der Waals surface area (Å²) in [5, 5.41) is 4.55. The zero-order valence-electron chi connectivity index (χ0n) is 14.5. The van der Waals surface area contributed by atoms with Crippen LogP contribution in [0.5, 0.6) is 0 Å². The van der Waals surface area contributed by atoms with Crippen LogP contribution in [0.15, 0.2) is 47.3 Å². The summed E-state index contributed by atoms with van der Waals surface area (Å²) in [6, 6.07) is 10.4. The SMILES string of the molecule is CCN(CC)C(CNc1ncnc2ccc(C)cc12)c1ccco1. The molecule has 1 aromatic carbocycles. The standard InChI is InChI=1S/C19H24N4O/c1-4-23(5-2)17(18-7-6-10-24-18)12-20-19-15-11-14(3)8-9-16(15)21-13-22-19/h6-11,13,17H,4-5,12H2,1-3H3,(H,20,21,22). The number of benzene rings is 1. The number of aryl methyl sites for hydroxylation is 1. The van der Waals surface area contributed by atoms with Crippen molar-refractivity contribution in [2.75, 3.05) is 25.0 Å². The summed E-state index contributed by atoms with van der Waals surface area (Å²) in [5.74, 6) is 1.84. The maximum atomic E-state index is 5.66. The van der Waals surface area contributed by atoms with Crippen LogP contribution < -0.4 is 5.32 Å². The smallest absolute Gasteiger partial charge is 0.137 e. The van der Waals surface area contributed by atoms with Gasteiger partial charge in [0.25, 0.3) is 0 Å². The molecule has 5 nitrogen and oxygen atoms in total. The molecule has 0 amide bonds. The number of fused-ring (bicyclic) bond motifs is 1. The molecule has 0 aliphatic rings. The Morgan fingerprint density at radius 3 is 2.71 bits per heavy atom. The first-order chi connectivity index (χ1) is 11.7. The Balaban J connectivity index is 1.86. The van der Waals surface area contributed by atoms with Crippen LogP contribution in [0.25, 0.3) is 10.9 Å². The average Bonchev–Trinajstić information content (AvgIpc) is 3.13. The van der Waals surface area contributed by atoms with Gasteiger partial charge in [-0.15, -0.1) is 0 Å². The van der Waals surface area contributed by atoms with E-state index in [9.17, 15) is 0 Å². The van der Waals surface area contributed by atoms with Gasteiger partial charge in [0, 0.05) is 11.9 Å². The minimum absolute atomic E-state index is 0.171. The van der Waals surface area contributed by atoms with Crippen LogP contribution in [0.4, 0.5) is 5.82 Å². The fourth-order valence-corrected chi connectivity index (χ4v) is 3.06. The second kappa shape index (κ2) is 7.45. The Labute approximate surface area is 142 Å². The van der Waals surface area contributed by atoms with Gasteiger partial charge in [-0.1, -0.05) is 25.5 Å². The van der Waals surface area contributed by atoms with Gasteiger partial charge in [-0.2, -0.15) is 0 Å². The predicted octanol–water partition coefficient (Wildman–Crippen LogP) is 4.03. The Morgan fingerprint density at radius 2 is 2.00 bits per heavy atom. The van der Waals surface area contributed by atoms with Gasteiger partial charge in [-0.3, -0.25) is 4.90 Å². The molecule has 1 atom stereocenters. The molecule has 126 valence electrons. The van der Waals surface area contributed by atoms with Crippen LogP contribution in [0.3, 0.4) is 0 Å². The second-order valence-corrected chi connectivity index (χ2v) is 5.88. The summed E-state index contributed by atoms with van der Waals surface area (Å²) in [7, 11) is 0. The van der Waals surface area contributed by atoms with Gasteiger partial charge in [-0.05, 0) is 44.3 Å². The fraction of sp³-hybridized carbons (Fsp3) is 0.368. The van der Waals surface area contributed by atoms with Crippen molar-refractivity contribution >= 4 is 16.7 Å². The van der Waals surface area contributed by atoms with E-state index in [-0.39, 0.29) is 6.04 Å². The molecule has 0 fully saturated rings. The number of rotatable bonds is 7. The number of nitrogens with zero attached hydrogens (tertiary/aromatic N) is 3. The molecule has 24 heavy (non-hydrogen) atoms. The number of nitrogens with one attached hydrogen (secondary N) is 1. The highest BCUT2D eigenvalue weighted by Gasteiger charge is 2.20. The number of anilines is 1. The second-order valence-electron chi connectivity index (χ2n) is 5.88. The monoisotopic (exact) mass is 324 g/mol. The van der Waals surface area contributed by atoms with Crippen LogP contribution in [0.2, 0.25) is 0 Å². The van der Waals surface area contributed by atoms with Gasteiger partial charge < -0.3 is 9.73 Å². The normalized spacial score (nSPS) is 12.7. The van der Waals surface area contributed by atoms with Gasteiger partial charge >= 0.3 is 0 Å². The number of furan rings is 1. The molecule has 1 unspecified atom stereocenters. The molecular weight excluding hydrogens is 300 g/mol. The largest absolute Gasteiger partial charge is 0.468 e. The molecule has 0 saturated heterocycles. The van der Waals surface area contributed by atoms with Crippen LogP contribution in [0.1, 0.15) is 31.2 Å². The van der Waals surface area contributed by atoms with Crippen LogP contribution in [0, 0.1) is 6.92 Å². The quantitative estimate of drug-likeness (QED) is 0.711. The highest BCUT2D eigenvalue weighted by Crippen LogP contribution is 2.24. The van der Waals surface area contributed by atoms with Gasteiger partial charge in [0.15, 0.2) is 0 Å². The zero-order chi connectivity index (χ0) is 16.9. The first-order valence-electron chi connectivity index (χ1n) is 8.45. The number of hydrogen-bond donors (Lipinski definition) is 1. The van der Waals surface area contributed by atoms with E-state index in [0.717, 1.165) is 42.1 Å². The van der Waals surface area contributed by atoms with E-state index in [2.05, 4.69) is 53.1 Å². The molecule has 0 saturated carbocycles. The third-order valence-electron chi connectivity index (χ3n) is 4.38. The van der Waals surface area contributed by atoms with Crippen molar-refractivity contribution in [2.24, 2.45) is 0 Å². The van der Waals surface area contributed by atoms with Gasteiger partial charge in [-0.25, -0.2) is 9.97 Å². The molecule has 0 aliphatic carbocycles. The molecule has 3 rings (SSSR count). The Bertz CT molecular complexity index is 781. The molecule has 5 heteroatoms. The highest BCUT2D eigenvalue weighted by molar-refractivity contribution is 5.89. The van der Waals surface area contributed by atoms with Crippen molar-refractivity contribution in [3.8, 4) is 0 Å². The summed E-state index contributed by atoms with van der Waals surface area (Å²) in [6.07, 6.45) is 3.34. The van der Waals surface area contributed by atoms with E-state index in [1.165, 1.54) is 5.56 Å². The van der Waals surface area contributed by atoms with Gasteiger partial charge in [0.05, 0.1) is 17.8 Å². The maximum Gasteiger partial charge on any atom is 0.137 e. The molecule has 0 spiro atoms. The first kappa shape index (κ1) is 16.5. The minimum Gasteiger partial charge on any atom is -0.468 e. The molecule has 2 heterocycles. The van der Waals surface area contributed by atoms with Crippen molar-refractivity contribution in [3.05, 3.63) is 54.2 Å². The lowest BCUT2D eigenvalue weighted by Gasteiger charge is -2.28. The molecule has 3 aromatic rings. The fourth-order valence-electron chi connectivity index (χ4n) is 3.06. The number of aromatic nitrogens is 2. The highest BCUT2D eigenvalue weighted by atomic mass is 16.3. The number of hydrogen-bond acceptors (Lipinski definition) is 5. The van der Waals surface area contributed by atoms with E-state index < -0.39 is 0 Å². The molecule has 0 radical (unpaired) electrons. The van der Waals surface area contributed by atoms with E-state index in [1.807, 2.05) is 18.2 Å². The lowest BCUT2D eigenvalue weighted by Crippen LogP contribution is -2.33. The predicted molar refractivity (Wildman–Crippen MR) is 97.1 cm³/mol.